The number of anilines is 1. The smallest absolute Gasteiger partial charge is 0.267 e. The largest absolute Gasteiger partial charge is 0.349 e. The molecule has 2 aromatic heterocycles. The van der Waals surface area contributed by atoms with Crippen molar-refractivity contribution in [2.24, 2.45) is 0 Å². The minimum atomic E-state index is -0.253. The van der Waals surface area contributed by atoms with E-state index in [1.807, 2.05) is 17.5 Å². The summed E-state index contributed by atoms with van der Waals surface area (Å²) in [5.41, 5.74) is 0.948. The van der Waals surface area contributed by atoms with E-state index in [4.69, 9.17) is 11.6 Å². The van der Waals surface area contributed by atoms with Gasteiger partial charge < -0.3 is 10.6 Å². The molecule has 0 atom stereocenters. The van der Waals surface area contributed by atoms with E-state index < -0.39 is 0 Å². The van der Waals surface area contributed by atoms with Gasteiger partial charge in [0.05, 0.1) is 21.7 Å². The van der Waals surface area contributed by atoms with Crippen molar-refractivity contribution in [3.8, 4) is 9.88 Å². The molecular weight excluding hydrogens is 390 g/mol. The molecule has 5 nitrogen and oxygen atoms in total. The SMILES string of the molecule is O=C(Nc1ccc(C(=O)NC2CC2)c(Cl)c1)c1cnc(-c2cccs2)s1. The van der Waals surface area contributed by atoms with Gasteiger partial charge in [0.15, 0.2) is 0 Å². The van der Waals surface area contributed by atoms with Crippen LogP contribution in [0.15, 0.2) is 41.9 Å². The molecule has 0 aliphatic heterocycles. The fourth-order valence-corrected chi connectivity index (χ4v) is 4.24. The second-order valence-corrected chi connectivity index (χ2v) is 8.29. The molecule has 1 fully saturated rings. The van der Waals surface area contributed by atoms with E-state index in [0.29, 0.717) is 21.2 Å². The highest BCUT2D eigenvalue weighted by Gasteiger charge is 2.24. The van der Waals surface area contributed by atoms with Crippen molar-refractivity contribution < 1.29 is 9.59 Å². The van der Waals surface area contributed by atoms with E-state index >= 15 is 0 Å². The molecule has 2 heterocycles. The van der Waals surface area contributed by atoms with Crippen molar-refractivity contribution in [3.63, 3.8) is 0 Å². The van der Waals surface area contributed by atoms with Crippen LogP contribution in [0.2, 0.25) is 5.02 Å². The van der Waals surface area contributed by atoms with Gasteiger partial charge in [0.25, 0.3) is 11.8 Å². The van der Waals surface area contributed by atoms with Crippen LogP contribution in [0, 0.1) is 0 Å². The third kappa shape index (κ3) is 3.80. The van der Waals surface area contributed by atoms with Gasteiger partial charge in [-0.05, 0) is 42.5 Å². The Kier molecular flexibility index (Phi) is 4.76. The molecule has 0 bridgehead atoms. The summed E-state index contributed by atoms with van der Waals surface area (Å²) < 4.78 is 0. The minimum Gasteiger partial charge on any atom is -0.349 e. The summed E-state index contributed by atoms with van der Waals surface area (Å²) in [5, 5.41) is 8.79. The molecule has 132 valence electrons. The Bertz CT molecular complexity index is 965. The number of benzene rings is 1. The minimum absolute atomic E-state index is 0.182. The molecule has 26 heavy (non-hydrogen) atoms. The van der Waals surface area contributed by atoms with Gasteiger partial charge in [-0.25, -0.2) is 4.98 Å². The van der Waals surface area contributed by atoms with Crippen molar-refractivity contribution >= 4 is 51.8 Å². The molecule has 1 saturated carbocycles. The van der Waals surface area contributed by atoms with E-state index in [-0.39, 0.29) is 17.9 Å². The number of thiophene rings is 1. The van der Waals surface area contributed by atoms with Gasteiger partial charge in [-0.3, -0.25) is 9.59 Å². The highest BCUT2D eigenvalue weighted by Crippen LogP contribution is 2.29. The zero-order valence-corrected chi connectivity index (χ0v) is 15.9. The van der Waals surface area contributed by atoms with Crippen molar-refractivity contribution in [3.05, 3.63) is 57.4 Å². The summed E-state index contributed by atoms with van der Waals surface area (Å²) in [5.74, 6) is -0.435. The van der Waals surface area contributed by atoms with E-state index in [2.05, 4.69) is 15.6 Å². The fourth-order valence-electron chi connectivity index (χ4n) is 2.35. The molecule has 8 heteroatoms. The van der Waals surface area contributed by atoms with Crippen molar-refractivity contribution in [2.45, 2.75) is 18.9 Å². The van der Waals surface area contributed by atoms with Gasteiger partial charge in [0, 0.05) is 11.7 Å². The summed E-state index contributed by atoms with van der Waals surface area (Å²) in [6.07, 6.45) is 3.59. The first-order valence-corrected chi connectivity index (χ1v) is 10.1. The Morgan fingerprint density at radius 3 is 2.73 bits per heavy atom. The molecule has 1 aliphatic rings. The van der Waals surface area contributed by atoms with E-state index in [9.17, 15) is 9.59 Å². The van der Waals surface area contributed by atoms with Gasteiger partial charge in [0.2, 0.25) is 0 Å². The number of rotatable bonds is 5. The summed E-state index contributed by atoms with van der Waals surface area (Å²) in [6.45, 7) is 0. The summed E-state index contributed by atoms with van der Waals surface area (Å²) >= 11 is 9.12. The van der Waals surface area contributed by atoms with E-state index in [0.717, 1.165) is 22.7 Å². The first-order chi connectivity index (χ1) is 12.6. The van der Waals surface area contributed by atoms with E-state index in [1.54, 1.807) is 35.7 Å². The normalized spacial score (nSPS) is 13.4. The zero-order chi connectivity index (χ0) is 18.1. The van der Waals surface area contributed by atoms with Crippen LogP contribution < -0.4 is 10.6 Å². The molecule has 3 aromatic rings. The molecule has 4 rings (SSSR count). The summed E-state index contributed by atoms with van der Waals surface area (Å²) in [7, 11) is 0. The molecule has 1 aliphatic carbocycles. The Balaban J connectivity index is 1.45. The third-order valence-corrected chi connectivity index (χ3v) is 6.19. The molecule has 0 radical (unpaired) electrons. The maximum Gasteiger partial charge on any atom is 0.267 e. The second kappa shape index (κ2) is 7.19. The number of hydrogen-bond acceptors (Lipinski definition) is 5. The van der Waals surface area contributed by atoms with Crippen LogP contribution in [0.4, 0.5) is 5.69 Å². The Morgan fingerprint density at radius 2 is 2.04 bits per heavy atom. The summed E-state index contributed by atoms with van der Waals surface area (Å²) in [4.78, 5) is 30.4. The number of carbonyl (C=O) groups excluding carboxylic acids is 2. The Hall–Kier alpha value is -2.22. The van der Waals surface area contributed by atoms with Crippen molar-refractivity contribution in [1.29, 1.82) is 0 Å². The zero-order valence-electron chi connectivity index (χ0n) is 13.5. The lowest BCUT2D eigenvalue weighted by molar-refractivity contribution is 0.0950. The lowest BCUT2D eigenvalue weighted by Gasteiger charge is -2.08. The summed E-state index contributed by atoms with van der Waals surface area (Å²) in [6, 6.07) is 9.07. The average molecular weight is 404 g/mol. The fraction of sp³-hybridized carbons (Fsp3) is 0.167. The number of amides is 2. The molecule has 2 amide bonds. The Labute approximate surface area is 163 Å². The standard InChI is InChI=1S/C18H14ClN3O2S2/c19-13-8-11(5-6-12(13)16(23)21-10-3-4-10)22-17(24)15-9-20-18(26-15)14-2-1-7-25-14/h1-2,5-10H,3-4H2,(H,21,23)(H,22,24). The quantitative estimate of drug-likeness (QED) is 0.650. The molecule has 0 spiro atoms. The molecule has 0 saturated heterocycles. The van der Waals surface area contributed by atoms with Crippen LogP contribution in [-0.2, 0) is 0 Å². The highest BCUT2D eigenvalue weighted by atomic mass is 35.5. The lowest BCUT2D eigenvalue weighted by Crippen LogP contribution is -2.25. The number of hydrogen-bond donors (Lipinski definition) is 2. The highest BCUT2D eigenvalue weighted by molar-refractivity contribution is 7.22. The third-order valence-electron chi connectivity index (χ3n) is 3.85. The predicted octanol–water partition coefficient (Wildman–Crippen LogP) is 4.67. The second-order valence-electron chi connectivity index (χ2n) is 5.90. The van der Waals surface area contributed by atoms with E-state index in [1.165, 1.54) is 11.3 Å². The molecule has 2 N–H and O–H groups in total. The van der Waals surface area contributed by atoms with Gasteiger partial charge in [0.1, 0.15) is 9.88 Å². The van der Waals surface area contributed by atoms with Gasteiger partial charge >= 0.3 is 0 Å². The number of nitrogens with zero attached hydrogens (tertiary/aromatic N) is 1. The molecule has 1 aromatic carbocycles. The first kappa shape index (κ1) is 17.2. The number of nitrogens with one attached hydrogen (secondary N) is 2. The van der Waals surface area contributed by atoms with Crippen LogP contribution >= 0.6 is 34.3 Å². The maximum absolute atomic E-state index is 12.4. The molecule has 0 unspecified atom stereocenters. The average Bonchev–Trinajstić information content (AvgIpc) is 3.10. The number of aromatic nitrogens is 1. The molecular formula is C18H14ClN3O2S2. The van der Waals surface area contributed by atoms with Crippen LogP contribution in [0.3, 0.4) is 0 Å². The number of halogens is 1. The Morgan fingerprint density at radius 1 is 1.19 bits per heavy atom. The number of thiazole rings is 1. The van der Waals surface area contributed by atoms with Crippen LogP contribution in [0.5, 0.6) is 0 Å². The van der Waals surface area contributed by atoms with Crippen molar-refractivity contribution in [1.82, 2.24) is 10.3 Å². The first-order valence-electron chi connectivity index (χ1n) is 8.01. The topological polar surface area (TPSA) is 71.1 Å². The van der Waals surface area contributed by atoms with Gasteiger partial charge in [-0.2, -0.15) is 0 Å². The predicted molar refractivity (Wildman–Crippen MR) is 105 cm³/mol. The van der Waals surface area contributed by atoms with Gasteiger partial charge in [-0.1, -0.05) is 17.7 Å². The lowest BCUT2D eigenvalue weighted by atomic mass is 10.2. The number of carbonyl (C=O) groups is 2. The monoisotopic (exact) mass is 403 g/mol. The van der Waals surface area contributed by atoms with Crippen LogP contribution in [-0.4, -0.2) is 22.8 Å². The van der Waals surface area contributed by atoms with Crippen molar-refractivity contribution in [2.75, 3.05) is 5.32 Å². The maximum atomic E-state index is 12.4. The van der Waals surface area contributed by atoms with Gasteiger partial charge in [-0.15, -0.1) is 22.7 Å². The van der Waals surface area contributed by atoms with Crippen LogP contribution in [0.25, 0.3) is 9.88 Å². The van der Waals surface area contributed by atoms with Crippen LogP contribution in [0.1, 0.15) is 32.9 Å².